The van der Waals surface area contributed by atoms with E-state index in [1.807, 2.05) is 0 Å². The van der Waals surface area contributed by atoms with Crippen LogP contribution in [0.4, 0.5) is 5.82 Å². The molecule has 0 spiro atoms. The van der Waals surface area contributed by atoms with Gasteiger partial charge in [-0.3, -0.25) is 4.57 Å². The Bertz CT molecular complexity index is 722. The molecule has 0 aliphatic carbocycles. The van der Waals surface area contributed by atoms with Gasteiger partial charge in [-0.1, -0.05) is 11.8 Å². The van der Waals surface area contributed by atoms with Gasteiger partial charge in [0.2, 0.25) is 0 Å². The van der Waals surface area contributed by atoms with Crippen molar-refractivity contribution in [3.8, 4) is 11.8 Å². The van der Waals surface area contributed by atoms with Crippen LogP contribution in [0.15, 0.2) is 11.0 Å². The van der Waals surface area contributed by atoms with Gasteiger partial charge < -0.3 is 25.4 Å². The highest BCUT2D eigenvalue weighted by Gasteiger charge is 2.42. The molecule has 0 amide bonds. The fourth-order valence-corrected chi connectivity index (χ4v) is 3.92. The topological polar surface area (TPSA) is 120 Å². The first-order valence-corrected chi connectivity index (χ1v) is 8.62. The van der Waals surface area contributed by atoms with Crippen LogP contribution in [0.5, 0.6) is 0 Å². The molecule has 130 valence electrons. The molecule has 1 unspecified atom stereocenters. The lowest BCUT2D eigenvalue weighted by Crippen LogP contribution is -2.32. The van der Waals surface area contributed by atoms with Gasteiger partial charge in [0, 0.05) is 13.3 Å². The molecule has 3 heterocycles. The summed E-state index contributed by atoms with van der Waals surface area (Å²) in [6.07, 6.45) is -0.668. The fraction of sp³-hybridized carbons (Fsp3) is 0.600. The van der Waals surface area contributed by atoms with E-state index in [-0.39, 0.29) is 11.2 Å². The first-order valence-electron chi connectivity index (χ1n) is 7.57. The third kappa shape index (κ3) is 3.29. The minimum absolute atomic E-state index is 0.0306. The van der Waals surface area contributed by atoms with E-state index in [4.69, 9.17) is 15.2 Å². The number of rotatable bonds is 2. The number of methoxy groups -OCH3 is 1. The molecule has 5 atom stereocenters. The van der Waals surface area contributed by atoms with Crippen molar-refractivity contribution in [3.63, 3.8) is 0 Å². The summed E-state index contributed by atoms with van der Waals surface area (Å²) in [4.78, 5) is 15.8. The van der Waals surface area contributed by atoms with Gasteiger partial charge in [0.15, 0.2) is 6.29 Å². The number of ether oxygens (including phenoxy) is 2. The average molecular weight is 353 g/mol. The van der Waals surface area contributed by atoms with Crippen LogP contribution in [-0.4, -0.2) is 57.2 Å². The maximum absolute atomic E-state index is 12.0. The zero-order chi connectivity index (χ0) is 17.3. The molecule has 2 fully saturated rings. The molecule has 0 bridgehead atoms. The maximum atomic E-state index is 12.0. The second-order valence-electron chi connectivity index (χ2n) is 5.61. The number of nitrogens with two attached hydrogens (primary N) is 1. The molecule has 9 heteroatoms. The van der Waals surface area contributed by atoms with E-state index < -0.39 is 30.3 Å². The minimum Gasteiger partial charge on any atom is -0.386 e. The average Bonchev–Trinajstić information content (AvgIpc) is 3.17. The zero-order valence-corrected chi connectivity index (χ0v) is 13.9. The molecule has 3 rings (SSSR count). The van der Waals surface area contributed by atoms with Gasteiger partial charge in [-0.25, -0.2) is 4.79 Å². The van der Waals surface area contributed by atoms with Crippen LogP contribution in [-0.2, 0) is 9.47 Å². The molecule has 1 aromatic rings. The van der Waals surface area contributed by atoms with Gasteiger partial charge >= 0.3 is 5.69 Å². The maximum Gasteiger partial charge on any atom is 0.350 e. The van der Waals surface area contributed by atoms with E-state index in [2.05, 4.69) is 16.8 Å². The van der Waals surface area contributed by atoms with Crippen molar-refractivity contribution in [3.05, 3.63) is 22.2 Å². The smallest absolute Gasteiger partial charge is 0.350 e. The Hall–Kier alpha value is -1.57. The number of nitrogens with zero attached hydrogens (tertiary/aromatic N) is 2. The second kappa shape index (κ2) is 7.13. The van der Waals surface area contributed by atoms with Gasteiger partial charge in [-0.2, -0.15) is 4.98 Å². The summed E-state index contributed by atoms with van der Waals surface area (Å²) in [5, 5.41) is 19.7. The van der Waals surface area contributed by atoms with Crippen LogP contribution in [0.3, 0.4) is 0 Å². The summed E-state index contributed by atoms with van der Waals surface area (Å²) in [6, 6.07) is 0. The monoisotopic (exact) mass is 353 g/mol. The summed E-state index contributed by atoms with van der Waals surface area (Å²) in [5.41, 5.74) is 5.76. The van der Waals surface area contributed by atoms with E-state index in [0.717, 1.165) is 18.6 Å². The molecule has 0 aromatic carbocycles. The quantitative estimate of drug-likeness (QED) is 0.597. The van der Waals surface area contributed by atoms with Crippen molar-refractivity contribution in [1.29, 1.82) is 0 Å². The van der Waals surface area contributed by atoms with E-state index in [9.17, 15) is 15.0 Å². The Morgan fingerprint density at radius 2 is 2.29 bits per heavy atom. The highest BCUT2D eigenvalue weighted by molar-refractivity contribution is 7.99. The number of hydrogen-bond acceptors (Lipinski definition) is 8. The molecular formula is C15H19N3O5S. The van der Waals surface area contributed by atoms with Crippen molar-refractivity contribution in [2.75, 3.05) is 18.6 Å². The molecule has 2 aliphatic heterocycles. The molecule has 4 N–H and O–H groups in total. The molecule has 0 saturated carbocycles. The summed E-state index contributed by atoms with van der Waals surface area (Å²) in [5.74, 6) is 6.53. The Balaban J connectivity index is 1.86. The van der Waals surface area contributed by atoms with Crippen molar-refractivity contribution in [2.24, 2.45) is 0 Å². The lowest BCUT2D eigenvalue weighted by Gasteiger charge is -2.13. The molecule has 2 saturated heterocycles. The highest BCUT2D eigenvalue weighted by Crippen LogP contribution is 2.34. The minimum atomic E-state index is -1.19. The number of aliphatic hydroxyl groups is 2. The summed E-state index contributed by atoms with van der Waals surface area (Å²) < 4.78 is 11.8. The lowest BCUT2D eigenvalue weighted by molar-refractivity contribution is -0.141. The number of thioether (sulfide) groups is 1. The molecule has 24 heavy (non-hydrogen) atoms. The largest absolute Gasteiger partial charge is 0.386 e. The number of nitrogen functional groups attached to an aromatic ring is 1. The Kier molecular flexibility index (Phi) is 5.12. The molecule has 2 aliphatic rings. The van der Waals surface area contributed by atoms with Gasteiger partial charge in [0.05, 0.1) is 10.9 Å². The fourth-order valence-electron chi connectivity index (χ4n) is 2.67. The highest BCUT2D eigenvalue weighted by atomic mass is 32.2. The van der Waals surface area contributed by atoms with Gasteiger partial charge in [0.1, 0.15) is 24.1 Å². The van der Waals surface area contributed by atoms with Crippen LogP contribution in [0.1, 0.15) is 23.8 Å². The van der Waals surface area contributed by atoms with Crippen LogP contribution < -0.4 is 11.4 Å². The second-order valence-corrected chi connectivity index (χ2v) is 6.89. The van der Waals surface area contributed by atoms with E-state index in [0.29, 0.717) is 5.56 Å². The van der Waals surface area contributed by atoms with Crippen LogP contribution in [0.25, 0.3) is 0 Å². The number of aliphatic hydroxyl groups excluding tert-OH is 2. The summed E-state index contributed by atoms with van der Waals surface area (Å²) >= 11 is 1.69. The first kappa shape index (κ1) is 17.3. The van der Waals surface area contributed by atoms with Crippen molar-refractivity contribution in [1.82, 2.24) is 9.55 Å². The predicted octanol–water partition coefficient (Wildman–Crippen LogP) is -0.704. The predicted molar refractivity (Wildman–Crippen MR) is 88.2 cm³/mol. The van der Waals surface area contributed by atoms with Crippen molar-refractivity contribution >= 4 is 17.6 Å². The van der Waals surface area contributed by atoms with Gasteiger partial charge in [-0.15, -0.1) is 11.8 Å². The van der Waals surface area contributed by atoms with Gasteiger partial charge in [0.25, 0.3) is 0 Å². The number of anilines is 1. The zero-order valence-electron chi connectivity index (χ0n) is 13.1. The van der Waals surface area contributed by atoms with Crippen LogP contribution >= 0.6 is 11.8 Å². The number of hydrogen-bond donors (Lipinski definition) is 3. The van der Waals surface area contributed by atoms with Crippen LogP contribution in [0.2, 0.25) is 0 Å². The van der Waals surface area contributed by atoms with Crippen molar-refractivity contribution in [2.45, 2.75) is 42.8 Å². The third-order valence-electron chi connectivity index (χ3n) is 4.00. The molecule has 1 aromatic heterocycles. The third-order valence-corrected chi connectivity index (χ3v) is 5.37. The Morgan fingerprint density at radius 3 is 2.92 bits per heavy atom. The first-order chi connectivity index (χ1) is 11.5. The molecule has 0 radical (unpaired) electrons. The lowest BCUT2D eigenvalue weighted by atomic mass is 10.1. The Morgan fingerprint density at radius 1 is 1.50 bits per heavy atom. The number of aromatic nitrogens is 2. The normalized spacial score (nSPS) is 32.5. The summed E-state index contributed by atoms with van der Waals surface area (Å²) in [6.45, 7) is 0. The molecule has 8 nitrogen and oxygen atoms in total. The SMILES string of the molecule is CO[C@@H]1O[C@H](C#Cc2cn(C3CCCS3)c(=O)nc2N)[C@@H](O)[C@H]1O. The summed E-state index contributed by atoms with van der Waals surface area (Å²) in [7, 11) is 1.37. The standard InChI is InChI=1S/C15H19N3O5S/c1-22-14-12(20)11(19)9(23-14)5-4-8-7-18(10-3-2-6-24-10)15(21)17-13(8)16/h7,9-12,14,19-20H,2-3,6H2,1H3,(H2,16,17,21)/t9-,10?,11-,12-,14-/m1/s1. The van der Waals surface area contributed by atoms with Crippen LogP contribution in [0, 0.1) is 11.8 Å². The van der Waals surface area contributed by atoms with Crippen molar-refractivity contribution < 1.29 is 19.7 Å². The van der Waals surface area contributed by atoms with Gasteiger partial charge in [-0.05, 0) is 18.6 Å². The van der Waals surface area contributed by atoms with E-state index in [1.165, 1.54) is 11.7 Å². The van der Waals surface area contributed by atoms with E-state index >= 15 is 0 Å². The van der Waals surface area contributed by atoms with E-state index in [1.54, 1.807) is 18.0 Å². The molecular weight excluding hydrogens is 334 g/mol. The Labute approximate surface area is 143 Å².